The quantitative estimate of drug-likeness (QED) is 0.722. The Hall–Kier alpha value is -1.35. The molecule has 0 aliphatic heterocycles. The molecule has 8 heteroatoms. The first-order valence-corrected chi connectivity index (χ1v) is 10.3. The van der Waals surface area contributed by atoms with Crippen LogP contribution in [0.2, 0.25) is 0 Å². The number of benzene rings is 1. The van der Waals surface area contributed by atoms with Crippen molar-refractivity contribution >= 4 is 39.1 Å². The minimum atomic E-state index is -3.71. The van der Waals surface area contributed by atoms with Crippen LogP contribution in [0, 0.1) is 0 Å². The van der Waals surface area contributed by atoms with Crippen molar-refractivity contribution in [3.63, 3.8) is 0 Å². The van der Waals surface area contributed by atoms with Crippen LogP contribution in [0.1, 0.15) is 5.56 Å². The minimum absolute atomic E-state index is 0.180. The van der Waals surface area contributed by atoms with Gasteiger partial charge in [-0.15, -0.1) is 11.3 Å². The molecule has 0 radical (unpaired) electrons. The number of thioether (sulfide) groups is 1. The summed E-state index contributed by atoms with van der Waals surface area (Å²) in [4.78, 5) is 11.8. The molecule has 124 valence electrons. The Morgan fingerprint density at radius 1 is 1.26 bits per heavy atom. The van der Waals surface area contributed by atoms with Crippen molar-refractivity contribution < 1.29 is 17.9 Å². The molecule has 0 amide bonds. The van der Waals surface area contributed by atoms with Crippen LogP contribution in [0.3, 0.4) is 0 Å². The third kappa shape index (κ3) is 5.35. The second-order valence-corrected chi connectivity index (χ2v) is 8.55. The first-order chi connectivity index (χ1) is 11.0. The number of carbonyl (C=O) groups excluding carboxylic acids is 1. The summed E-state index contributed by atoms with van der Waals surface area (Å²) in [6.45, 7) is 0. The van der Waals surface area contributed by atoms with E-state index >= 15 is 0 Å². The molecule has 0 spiro atoms. The van der Waals surface area contributed by atoms with E-state index in [9.17, 15) is 13.2 Å². The Bertz CT molecular complexity index is 714. The van der Waals surface area contributed by atoms with Gasteiger partial charge in [-0.3, -0.25) is 4.79 Å². The molecule has 0 aliphatic rings. The second kappa shape index (κ2) is 8.49. The van der Waals surface area contributed by atoms with E-state index in [1.165, 1.54) is 24.9 Å². The normalized spacial score (nSPS) is 12.7. The molecule has 1 N–H and O–H groups in total. The summed E-state index contributed by atoms with van der Waals surface area (Å²) in [5.41, 5.74) is 1.11. The zero-order valence-electron chi connectivity index (χ0n) is 12.5. The summed E-state index contributed by atoms with van der Waals surface area (Å²) in [6.07, 6.45) is 0. The SMILES string of the molecule is COC(=O)C(CSCc1ccccc1)NS(=O)(=O)c1cccs1. The largest absolute Gasteiger partial charge is 0.468 e. The van der Waals surface area contributed by atoms with Crippen molar-refractivity contribution in [3.8, 4) is 0 Å². The topological polar surface area (TPSA) is 72.5 Å². The van der Waals surface area contributed by atoms with E-state index in [4.69, 9.17) is 4.74 Å². The van der Waals surface area contributed by atoms with Crippen LogP contribution in [0.15, 0.2) is 52.1 Å². The summed E-state index contributed by atoms with van der Waals surface area (Å²) in [7, 11) is -2.47. The van der Waals surface area contributed by atoms with Gasteiger partial charge < -0.3 is 4.74 Å². The lowest BCUT2D eigenvalue weighted by molar-refractivity contribution is -0.141. The van der Waals surface area contributed by atoms with Crippen molar-refractivity contribution in [3.05, 3.63) is 53.4 Å². The Kier molecular flexibility index (Phi) is 6.64. The number of sulfonamides is 1. The van der Waals surface area contributed by atoms with Gasteiger partial charge in [-0.1, -0.05) is 36.4 Å². The van der Waals surface area contributed by atoms with Crippen molar-refractivity contribution in [2.45, 2.75) is 16.0 Å². The van der Waals surface area contributed by atoms with E-state index in [1.54, 1.807) is 11.4 Å². The number of methoxy groups -OCH3 is 1. The average Bonchev–Trinajstić information content (AvgIpc) is 3.09. The van der Waals surface area contributed by atoms with E-state index in [0.717, 1.165) is 16.9 Å². The molecule has 23 heavy (non-hydrogen) atoms. The number of nitrogens with one attached hydrogen (secondary N) is 1. The van der Waals surface area contributed by atoms with Crippen molar-refractivity contribution in [1.29, 1.82) is 0 Å². The van der Waals surface area contributed by atoms with Gasteiger partial charge in [0, 0.05) is 11.5 Å². The standard InChI is InChI=1S/C15H17NO4S3/c1-20-15(17)13(11-21-10-12-6-3-2-4-7-12)16-23(18,19)14-8-5-9-22-14/h2-9,13,16H,10-11H2,1H3. The fourth-order valence-electron chi connectivity index (χ4n) is 1.82. The average molecular weight is 372 g/mol. The van der Waals surface area contributed by atoms with Crippen LogP contribution in [0.25, 0.3) is 0 Å². The van der Waals surface area contributed by atoms with E-state index < -0.39 is 22.0 Å². The Labute approximate surface area is 144 Å². The number of carbonyl (C=O) groups is 1. The van der Waals surface area contributed by atoms with Gasteiger partial charge in [-0.25, -0.2) is 8.42 Å². The van der Waals surface area contributed by atoms with E-state index in [-0.39, 0.29) is 4.21 Å². The third-order valence-corrected chi connectivity index (χ3v) is 6.91. The Balaban J connectivity index is 1.99. The first kappa shape index (κ1) is 18.0. The first-order valence-electron chi connectivity index (χ1n) is 6.78. The monoisotopic (exact) mass is 371 g/mol. The predicted molar refractivity (Wildman–Crippen MR) is 93.0 cm³/mol. The number of thiophene rings is 1. The van der Waals surface area contributed by atoms with E-state index in [2.05, 4.69) is 4.72 Å². The van der Waals surface area contributed by atoms with Crippen LogP contribution in [0.5, 0.6) is 0 Å². The molecular weight excluding hydrogens is 354 g/mol. The summed E-state index contributed by atoms with van der Waals surface area (Å²) < 4.78 is 31.8. The van der Waals surface area contributed by atoms with E-state index in [1.807, 2.05) is 30.3 Å². The number of hydrogen-bond donors (Lipinski definition) is 1. The van der Waals surface area contributed by atoms with Crippen LogP contribution in [0.4, 0.5) is 0 Å². The van der Waals surface area contributed by atoms with Gasteiger partial charge >= 0.3 is 5.97 Å². The maximum atomic E-state index is 12.2. The van der Waals surface area contributed by atoms with Crippen molar-refractivity contribution in [1.82, 2.24) is 4.72 Å². The Morgan fingerprint density at radius 3 is 2.61 bits per heavy atom. The smallest absolute Gasteiger partial charge is 0.324 e. The minimum Gasteiger partial charge on any atom is -0.468 e. The van der Waals surface area contributed by atoms with Crippen LogP contribution < -0.4 is 4.72 Å². The van der Waals surface area contributed by atoms with Crippen molar-refractivity contribution in [2.75, 3.05) is 12.9 Å². The lowest BCUT2D eigenvalue weighted by Crippen LogP contribution is -2.43. The highest BCUT2D eigenvalue weighted by Crippen LogP contribution is 2.18. The maximum absolute atomic E-state index is 12.2. The molecule has 2 rings (SSSR count). The molecule has 0 saturated carbocycles. The highest BCUT2D eigenvalue weighted by molar-refractivity contribution is 7.98. The molecule has 0 aliphatic carbocycles. The highest BCUT2D eigenvalue weighted by Gasteiger charge is 2.26. The lowest BCUT2D eigenvalue weighted by atomic mass is 10.2. The molecule has 2 aromatic rings. The molecule has 1 aromatic heterocycles. The molecule has 1 heterocycles. The van der Waals surface area contributed by atoms with Gasteiger partial charge in [0.2, 0.25) is 0 Å². The fraction of sp³-hybridized carbons (Fsp3) is 0.267. The maximum Gasteiger partial charge on any atom is 0.324 e. The number of esters is 1. The molecule has 0 saturated heterocycles. The lowest BCUT2D eigenvalue weighted by Gasteiger charge is -2.15. The molecule has 5 nitrogen and oxygen atoms in total. The molecule has 0 fully saturated rings. The van der Waals surface area contributed by atoms with Crippen LogP contribution >= 0.6 is 23.1 Å². The number of rotatable bonds is 8. The highest BCUT2D eigenvalue weighted by atomic mass is 32.2. The van der Waals surface area contributed by atoms with Crippen molar-refractivity contribution in [2.24, 2.45) is 0 Å². The van der Waals surface area contributed by atoms with Gasteiger partial charge in [0.1, 0.15) is 10.3 Å². The zero-order valence-corrected chi connectivity index (χ0v) is 14.9. The summed E-state index contributed by atoms with van der Waals surface area (Å²) in [6, 6.07) is 12.0. The molecule has 1 atom stereocenters. The summed E-state index contributed by atoms with van der Waals surface area (Å²) in [5.74, 6) is 0.395. The molecule has 1 aromatic carbocycles. The summed E-state index contributed by atoms with van der Waals surface area (Å²) >= 11 is 2.57. The molecular formula is C15H17NO4S3. The van der Waals surface area contributed by atoms with Crippen LogP contribution in [-0.4, -0.2) is 33.3 Å². The zero-order chi connectivity index (χ0) is 16.7. The van der Waals surface area contributed by atoms with E-state index in [0.29, 0.717) is 11.5 Å². The van der Waals surface area contributed by atoms with Gasteiger partial charge in [0.05, 0.1) is 7.11 Å². The number of hydrogen-bond acceptors (Lipinski definition) is 6. The Morgan fingerprint density at radius 2 is 2.00 bits per heavy atom. The van der Waals surface area contributed by atoms with Gasteiger partial charge in [0.15, 0.2) is 0 Å². The van der Waals surface area contributed by atoms with Gasteiger partial charge in [-0.2, -0.15) is 16.5 Å². The van der Waals surface area contributed by atoms with Gasteiger partial charge in [0.25, 0.3) is 10.0 Å². The fourth-order valence-corrected chi connectivity index (χ4v) is 5.12. The van der Waals surface area contributed by atoms with Crippen LogP contribution in [-0.2, 0) is 25.3 Å². The number of ether oxygens (including phenoxy) is 1. The van der Waals surface area contributed by atoms with Gasteiger partial charge in [-0.05, 0) is 17.0 Å². The second-order valence-electron chi connectivity index (χ2n) is 4.63. The predicted octanol–water partition coefficient (Wildman–Crippen LogP) is 2.50. The molecule has 0 bridgehead atoms. The third-order valence-electron chi connectivity index (χ3n) is 2.94. The molecule has 1 unspecified atom stereocenters. The summed E-state index contributed by atoms with van der Waals surface area (Å²) in [5, 5.41) is 1.67.